The van der Waals surface area contributed by atoms with Crippen LogP contribution in [0, 0.1) is 10.1 Å². The predicted molar refractivity (Wildman–Crippen MR) is 108 cm³/mol. The summed E-state index contributed by atoms with van der Waals surface area (Å²) in [6.45, 7) is 2.59. The molecule has 0 fully saturated rings. The molecule has 0 saturated heterocycles. The number of carbonyl (C=O) groups excluding carboxylic acids is 1. The van der Waals surface area contributed by atoms with E-state index in [4.69, 9.17) is 21.7 Å². The third-order valence-corrected chi connectivity index (χ3v) is 3.64. The Hall–Kier alpha value is -3.53. The van der Waals surface area contributed by atoms with Gasteiger partial charge >= 0.3 is 5.97 Å². The molecule has 2 rings (SSSR count). The molecule has 0 spiro atoms. The van der Waals surface area contributed by atoms with Crippen LogP contribution in [0.25, 0.3) is 0 Å². The molecule has 10 heteroatoms. The topological polar surface area (TPSA) is 115 Å². The van der Waals surface area contributed by atoms with Crippen molar-refractivity contribution in [3.63, 3.8) is 0 Å². The van der Waals surface area contributed by atoms with E-state index in [1.807, 2.05) is 6.92 Å². The number of nitrogens with zero attached hydrogens (tertiary/aromatic N) is 2. The van der Waals surface area contributed by atoms with Gasteiger partial charge in [-0.3, -0.25) is 15.5 Å². The Morgan fingerprint density at radius 2 is 2.07 bits per heavy atom. The monoisotopic (exact) mass is 402 g/mol. The predicted octanol–water partition coefficient (Wildman–Crippen LogP) is 2.64. The number of hydrogen-bond donors (Lipinski definition) is 2. The maximum absolute atomic E-state index is 12.3. The third-order valence-electron chi connectivity index (χ3n) is 3.40. The molecule has 0 radical (unpaired) electrons. The van der Waals surface area contributed by atoms with Crippen molar-refractivity contribution in [3.05, 3.63) is 63.7 Å². The van der Waals surface area contributed by atoms with Crippen molar-refractivity contribution in [3.8, 4) is 11.5 Å². The van der Waals surface area contributed by atoms with E-state index in [0.29, 0.717) is 23.0 Å². The highest BCUT2D eigenvalue weighted by Crippen LogP contribution is 2.28. The number of thiocarbonyl (C=S) groups is 1. The fourth-order valence-electron chi connectivity index (χ4n) is 2.12. The molecule has 0 aliphatic rings. The largest absolute Gasteiger partial charge is 0.493 e. The van der Waals surface area contributed by atoms with Crippen LogP contribution >= 0.6 is 12.2 Å². The number of methoxy groups -OCH3 is 1. The van der Waals surface area contributed by atoms with Crippen LogP contribution in [0.3, 0.4) is 0 Å². The molecule has 2 N–H and O–H groups in total. The second-order valence-corrected chi connectivity index (χ2v) is 5.74. The Morgan fingerprint density at radius 1 is 1.29 bits per heavy atom. The summed E-state index contributed by atoms with van der Waals surface area (Å²) in [4.78, 5) is 22.6. The van der Waals surface area contributed by atoms with Crippen LogP contribution in [0.1, 0.15) is 22.8 Å². The van der Waals surface area contributed by atoms with Gasteiger partial charge in [-0.25, -0.2) is 4.79 Å². The van der Waals surface area contributed by atoms with Gasteiger partial charge in [0.2, 0.25) is 0 Å². The Kier molecular flexibility index (Phi) is 7.40. The number of hydrogen-bond acceptors (Lipinski definition) is 7. The van der Waals surface area contributed by atoms with Gasteiger partial charge in [-0.05, 0) is 49.0 Å². The highest BCUT2D eigenvalue weighted by atomic mass is 32.1. The molecular weight excluding hydrogens is 384 g/mol. The van der Waals surface area contributed by atoms with E-state index in [1.54, 1.807) is 12.1 Å². The molecule has 0 heterocycles. The zero-order valence-corrected chi connectivity index (χ0v) is 16.0. The molecule has 9 nitrogen and oxygen atoms in total. The van der Waals surface area contributed by atoms with Crippen molar-refractivity contribution in [1.29, 1.82) is 0 Å². The number of non-ortho nitro benzene ring substituents is 1. The quantitative estimate of drug-likeness (QED) is 0.181. The molecule has 0 aliphatic heterocycles. The maximum Gasteiger partial charge on any atom is 0.343 e. The lowest BCUT2D eigenvalue weighted by Crippen LogP contribution is -2.31. The van der Waals surface area contributed by atoms with Crippen LogP contribution in [0.4, 0.5) is 5.69 Å². The number of rotatable bonds is 7. The number of hydrazone groups is 1. The average molecular weight is 402 g/mol. The van der Waals surface area contributed by atoms with E-state index < -0.39 is 10.9 Å². The molecular formula is C18H18N4O5S. The molecule has 0 amide bonds. The van der Waals surface area contributed by atoms with Crippen LogP contribution in [-0.2, 0) is 0 Å². The summed E-state index contributed by atoms with van der Waals surface area (Å²) in [5.74, 6) is -0.259. The van der Waals surface area contributed by atoms with Crippen molar-refractivity contribution in [1.82, 2.24) is 10.7 Å². The third kappa shape index (κ3) is 5.74. The van der Waals surface area contributed by atoms with Gasteiger partial charge in [0.25, 0.3) is 5.69 Å². The molecule has 146 valence electrons. The first-order valence-electron chi connectivity index (χ1n) is 8.16. The lowest BCUT2D eigenvalue weighted by molar-refractivity contribution is -0.384. The van der Waals surface area contributed by atoms with Crippen molar-refractivity contribution in [2.75, 3.05) is 13.7 Å². The first-order valence-corrected chi connectivity index (χ1v) is 8.57. The number of esters is 1. The van der Waals surface area contributed by atoms with Crippen LogP contribution in [0.5, 0.6) is 11.5 Å². The highest BCUT2D eigenvalue weighted by molar-refractivity contribution is 7.80. The van der Waals surface area contributed by atoms with Gasteiger partial charge in [-0.1, -0.05) is 6.07 Å². The van der Waals surface area contributed by atoms with E-state index in [2.05, 4.69) is 15.8 Å². The summed E-state index contributed by atoms with van der Waals surface area (Å²) in [6.07, 6.45) is 1.53. The van der Waals surface area contributed by atoms with Crippen molar-refractivity contribution in [2.45, 2.75) is 6.92 Å². The second kappa shape index (κ2) is 9.97. The van der Waals surface area contributed by atoms with Crippen LogP contribution in [0.15, 0.2) is 47.6 Å². The van der Waals surface area contributed by atoms with Gasteiger partial charge in [-0.2, -0.15) is 5.10 Å². The Morgan fingerprint density at radius 3 is 2.75 bits per heavy atom. The van der Waals surface area contributed by atoms with Gasteiger partial charge < -0.3 is 14.8 Å². The summed E-state index contributed by atoms with van der Waals surface area (Å²) < 4.78 is 10.6. The lowest BCUT2D eigenvalue weighted by atomic mass is 10.2. The lowest BCUT2D eigenvalue weighted by Gasteiger charge is -2.10. The van der Waals surface area contributed by atoms with E-state index >= 15 is 0 Å². The minimum Gasteiger partial charge on any atom is -0.493 e. The van der Waals surface area contributed by atoms with E-state index in [0.717, 1.165) is 6.07 Å². The fraction of sp³-hybridized carbons (Fsp3) is 0.167. The van der Waals surface area contributed by atoms with Gasteiger partial charge in [-0.15, -0.1) is 0 Å². The van der Waals surface area contributed by atoms with E-state index in [1.165, 1.54) is 37.6 Å². The molecule has 0 saturated carbocycles. The Balaban J connectivity index is 2.12. The molecule has 0 aromatic heterocycles. The molecule has 0 bridgehead atoms. The summed E-state index contributed by atoms with van der Waals surface area (Å²) in [6, 6.07) is 10.1. The fourth-order valence-corrected chi connectivity index (χ4v) is 2.32. The normalized spacial score (nSPS) is 10.4. The second-order valence-electron chi connectivity index (χ2n) is 5.34. The first-order chi connectivity index (χ1) is 13.4. The van der Waals surface area contributed by atoms with E-state index in [9.17, 15) is 14.9 Å². The molecule has 2 aromatic rings. The standard InChI is InChI=1S/C18H18N4O5S/c1-3-19-18(28)21-20-11-12-7-8-15(16(9-12)26-2)27-17(23)13-5-4-6-14(10-13)22(24)25/h4-11H,3H2,1-2H3,(H2,19,21,28)/b20-11+. The number of benzene rings is 2. The van der Waals surface area contributed by atoms with Crippen molar-refractivity contribution < 1.29 is 19.2 Å². The molecule has 0 aliphatic carbocycles. The van der Waals surface area contributed by atoms with Crippen molar-refractivity contribution in [2.24, 2.45) is 5.10 Å². The number of ether oxygens (including phenoxy) is 2. The Bertz CT molecular complexity index is 917. The summed E-state index contributed by atoms with van der Waals surface area (Å²) in [5.41, 5.74) is 3.20. The minimum absolute atomic E-state index is 0.0584. The molecule has 0 atom stereocenters. The van der Waals surface area contributed by atoms with Crippen LogP contribution < -0.4 is 20.2 Å². The summed E-state index contributed by atoms with van der Waals surface area (Å²) in [5, 5.41) is 18.1. The smallest absolute Gasteiger partial charge is 0.343 e. The molecule has 0 unspecified atom stereocenters. The van der Waals surface area contributed by atoms with Crippen molar-refractivity contribution >= 4 is 35.2 Å². The highest BCUT2D eigenvalue weighted by Gasteiger charge is 2.15. The number of nitrogens with one attached hydrogen (secondary N) is 2. The van der Waals surface area contributed by atoms with E-state index in [-0.39, 0.29) is 17.0 Å². The van der Waals surface area contributed by atoms with Crippen LogP contribution in [-0.4, -0.2) is 35.9 Å². The van der Waals surface area contributed by atoms with Gasteiger partial charge in [0.05, 0.1) is 23.8 Å². The number of nitro groups is 1. The number of carbonyl (C=O) groups is 1. The van der Waals surface area contributed by atoms with Crippen LogP contribution in [0.2, 0.25) is 0 Å². The zero-order valence-electron chi connectivity index (χ0n) is 15.2. The average Bonchev–Trinajstić information content (AvgIpc) is 2.69. The summed E-state index contributed by atoms with van der Waals surface area (Å²) in [7, 11) is 1.43. The zero-order chi connectivity index (χ0) is 20.5. The van der Waals surface area contributed by atoms with Gasteiger partial charge in [0, 0.05) is 18.7 Å². The molecule has 2 aromatic carbocycles. The first kappa shape index (κ1) is 20.8. The SMILES string of the molecule is CCNC(=S)N/N=C/c1ccc(OC(=O)c2cccc([N+](=O)[O-])c2)c(OC)c1. The van der Waals surface area contributed by atoms with Gasteiger partial charge in [0.1, 0.15) is 0 Å². The summed E-state index contributed by atoms with van der Waals surface area (Å²) >= 11 is 5.00. The van der Waals surface area contributed by atoms with Gasteiger partial charge in [0.15, 0.2) is 16.6 Å². The maximum atomic E-state index is 12.3. The number of nitro benzene ring substituents is 1. The Labute approximate surface area is 166 Å². The molecule has 28 heavy (non-hydrogen) atoms. The minimum atomic E-state index is -0.735.